The molecule has 0 fully saturated rings. The quantitative estimate of drug-likeness (QED) is 0.938. The van der Waals surface area contributed by atoms with Crippen LogP contribution in [0.15, 0.2) is 48.5 Å². The van der Waals surface area contributed by atoms with E-state index in [9.17, 15) is 4.79 Å². The molecule has 0 aliphatic carbocycles. The number of halogens is 1. The Hall–Kier alpha value is -2.04. The Bertz CT molecular complexity index is 690. The van der Waals surface area contributed by atoms with Crippen molar-refractivity contribution in [2.24, 2.45) is 0 Å². The molecule has 22 heavy (non-hydrogen) atoms. The summed E-state index contributed by atoms with van der Waals surface area (Å²) in [4.78, 5) is 14.6. The van der Waals surface area contributed by atoms with Gasteiger partial charge in [-0.3, -0.25) is 4.79 Å². The van der Waals surface area contributed by atoms with E-state index in [1.54, 1.807) is 12.0 Å². The summed E-state index contributed by atoms with van der Waals surface area (Å²) in [6.45, 7) is 0.987. The summed E-state index contributed by atoms with van der Waals surface area (Å²) in [6, 6.07) is 15.1. The fourth-order valence-electron chi connectivity index (χ4n) is 2.65. The molecule has 0 aromatic heterocycles. The number of fused-ring (bicyclic) bond motifs is 1. The molecule has 0 radical (unpaired) electrons. The van der Waals surface area contributed by atoms with Crippen molar-refractivity contribution in [2.75, 3.05) is 25.6 Å². The van der Waals surface area contributed by atoms with Gasteiger partial charge in [-0.15, -0.1) is 0 Å². The fourth-order valence-corrected chi connectivity index (χ4v) is 2.85. The third-order valence-electron chi connectivity index (χ3n) is 3.72. The molecule has 1 unspecified atom stereocenters. The molecule has 2 aromatic rings. The SMILES string of the molecule is COCCN1C(=O)c2ccccc2NC1c1cccc(Cl)c1. The van der Waals surface area contributed by atoms with E-state index in [4.69, 9.17) is 16.3 Å². The topological polar surface area (TPSA) is 41.6 Å². The number of carbonyl (C=O) groups is 1. The number of anilines is 1. The highest BCUT2D eigenvalue weighted by Crippen LogP contribution is 2.33. The molecule has 1 amide bonds. The Morgan fingerprint density at radius 2 is 2.05 bits per heavy atom. The Morgan fingerprint density at radius 3 is 2.82 bits per heavy atom. The molecule has 1 atom stereocenters. The van der Waals surface area contributed by atoms with Gasteiger partial charge < -0.3 is 15.0 Å². The maximum atomic E-state index is 12.8. The molecule has 0 saturated heterocycles. The monoisotopic (exact) mass is 316 g/mol. The van der Waals surface area contributed by atoms with Gasteiger partial charge in [-0.1, -0.05) is 35.9 Å². The van der Waals surface area contributed by atoms with Gasteiger partial charge in [0.1, 0.15) is 6.17 Å². The zero-order valence-electron chi connectivity index (χ0n) is 12.3. The average Bonchev–Trinajstić information content (AvgIpc) is 2.54. The van der Waals surface area contributed by atoms with Crippen LogP contribution in [0.5, 0.6) is 0 Å². The van der Waals surface area contributed by atoms with Gasteiger partial charge in [-0.05, 0) is 29.8 Å². The first-order valence-corrected chi connectivity index (χ1v) is 7.49. The molecule has 114 valence electrons. The standard InChI is InChI=1S/C17H17ClN2O2/c1-22-10-9-20-16(12-5-4-6-13(18)11-12)19-15-8-3-2-7-14(15)17(20)21/h2-8,11,16,19H,9-10H2,1H3. The smallest absolute Gasteiger partial charge is 0.257 e. The molecule has 0 bridgehead atoms. The van der Waals surface area contributed by atoms with Crippen LogP contribution in [-0.2, 0) is 4.74 Å². The van der Waals surface area contributed by atoms with Gasteiger partial charge in [0.25, 0.3) is 5.91 Å². The minimum atomic E-state index is -0.253. The van der Waals surface area contributed by atoms with E-state index >= 15 is 0 Å². The van der Waals surface area contributed by atoms with E-state index in [-0.39, 0.29) is 12.1 Å². The van der Waals surface area contributed by atoms with E-state index in [1.807, 2.05) is 48.5 Å². The zero-order chi connectivity index (χ0) is 15.5. The van der Waals surface area contributed by atoms with Crippen LogP contribution in [0, 0.1) is 0 Å². The molecule has 1 aliphatic heterocycles. The van der Waals surface area contributed by atoms with Crippen molar-refractivity contribution in [3.05, 3.63) is 64.7 Å². The van der Waals surface area contributed by atoms with Gasteiger partial charge in [-0.25, -0.2) is 0 Å². The third-order valence-corrected chi connectivity index (χ3v) is 3.96. The molecule has 1 aliphatic rings. The number of benzene rings is 2. The van der Waals surface area contributed by atoms with Crippen molar-refractivity contribution in [3.63, 3.8) is 0 Å². The molecule has 1 N–H and O–H groups in total. The van der Waals surface area contributed by atoms with Crippen LogP contribution in [0.3, 0.4) is 0 Å². The minimum absolute atomic E-state index is 0.00336. The minimum Gasteiger partial charge on any atom is -0.383 e. The molecular weight excluding hydrogens is 300 g/mol. The highest BCUT2D eigenvalue weighted by atomic mass is 35.5. The van der Waals surface area contributed by atoms with Gasteiger partial charge in [-0.2, -0.15) is 0 Å². The van der Waals surface area contributed by atoms with Gasteiger partial charge in [0.05, 0.1) is 12.2 Å². The lowest BCUT2D eigenvalue weighted by Crippen LogP contribution is -2.44. The van der Waals surface area contributed by atoms with Crippen molar-refractivity contribution in [2.45, 2.75) is 6.17 Å². The highest BCUT2D eigenvalue weighted by molar-refractivity contribution is 6.30. The number of hydrogen-bond donors (Lipinski definition) is 1. The molecule has 1 heterocycles. The molecule has 4 nitrogen and oxygen atoms in total. The van der Waals surface area contributed by atoms with Crippen molar-refractivity contribution in [3.8, 4) is 0 Å². The van der Waals surface area contributed by atoms with E-state index in [0.717, 1.165) is 11.3 Å². The molecule has 3 rings (SSSR count). The summed E-state index contributed by atoms with van der Waals surface area (Å²) in [7, 11) is 1.63. The highest BCUT2D eigenvalue weighted by Gasteiger charge is 2.32. The number of amides is 1. The Kier molecular flexibility index (Phi) is 4.32. The number of para-hydroxylation sites is 1. The number of rotatable bonds is 4. The lowest BCUT2D eigenvalue weighted by atomic mass is 10.0. The molecule has 2 aromatic carbocycles. The number of hydrogen-bond acceptors (Lipinski definition) is 3. The van der Waals surface area contributed by atoms with Crippen LogP contribution in [0.25, 0.3) is 0 Å². The predicted octanol–water partition coefficient (Wildman–Crippen LogP) is 3.55. The lowest BCUT2D eigenvalue weighted by molar-refractivity contribution is 0.0609. The van der Waals surface area contributed by atoms with E-state index < -0.39 is 0 Å². The van der Waals surface area contributed by atoms with Crippen molar-refractivity contribution in [1.29, 1.82) is 0 Å². The Morgan fingerprint density at radius 1 is 1.23 bits per heavy atom. The number of nitrogens with zero attached hydrogens (tertiary/aromatic N) is 1. The zero-order valence-corrected chi connectivity index (χ0v) is 13.0. The number of ether oxygens (including phenoxy) is 1. The second-order valence-electron chi connectivity index (χ2n) is 5.14. The largest absolute Gasteiger partial charge is 0.383 e. The number of nitrogens with one attached hydrogen (secondary N) is 1. The Labute approximate surface area is 134 Å². The van der Waals surface area contributed by atoms with Crippen LogP contribution in [0.1, 0.15) is 22.1 Å². The van der Waals surface area contributed by atoms with Gasteiger partial charge in [0.2, 0.25) is 0 Å². The summed E-state index contributed by atoms with van der Waals surface area (Å²) in [5, 5.41) is 4.07. The fraction of sp³-hybridized carbons (Fsp3) is 0.235. The lowest BCUT2D eigenvalue weighted by Gasteiger charge is -2.38. The Balaban J connectivity index is 2.01. The maximum absolute atomic E-state index is 12.8. The van der Waals surface area contributed by atoms with Gasteiger partial charge in [0.15, 0.2) is 0 Å². The third kappa shape index (κ3) is 2.80. The first-order valence-electron chi connectivity index (χ1n) is 7.11. The molecule has 0 saturated carbocycles. The number of carbonyl (C=O) groups excluding carboxylic acids is 1. The predicted molar refractivity (Wildman–Crippen MR) is 87.2 cm³/mol. The van der Waals surface area contributed by atoms with Crippen LogP contribution < -0.4 is 5.32 Å². The molecular formula is C17H17ClN2O2. The maximum Gasteiger partial charge on any atom is 0.257 e. The molecule has 0 spiro atoms. The van der Waals surface area contributed by atoms with Crippen LogP contribution in [0.2, 0.25) is 5.02 Å². The van der Waals surface area contributed by atoms with Crippen LogP contribution >= 0.6 is 11.6 Å². The van der Waals surface area contributed by atoms with Crippen molar-refractivity contribution < 1.29 is 9.53 Å². The van der Waals surface area contributed by atoms with E-state index in [0.29, 0.717) is 23.7 Å². The normalized spacial score (nSPS) is 17.1. The van der Waals surface area contributed by atoms with Gasteiger partial charge >= 0.3 is 0 Å². The summed E-state index contributed by atoms with van der Waals surface area (Å²) in [5.41, 5.74) is 2.47. The first kappa shape index (κ1) is 14.9. The van der Waals surface area contributed by atoms with E-state index in [1.165, 1.54) is 0 Å². The average molecular weight is 317 g/mol. The summed E-state index contributed by atoms with van der Waals surface area (Å²) >= 11 is 6.10. The van der Waals surface area contributed by atoms with E-state index in [2.05, 4.69) is 5.32 Å². The van der Waals surface area contributed by atoms with Gasteiger partial charge in [0, 0.05) is 24.4 Å². The second kappa shape index (κ2) is 6.38. The first-order chi connectivity index (χ1) is 10.7. The molecule has 5 heteroatoms. The van der Waals surface area contributed by atoms with Crippen molar-refractivity contribution >= 4 is 23.2 Å². The summed E-state index contributed by atoms with van der Waals surface area (Å²) in [6.07, 6.45) is -0.253. The van der Waals surface area contributed by atoms with Crippen molar-refractivity contribution in [1.82, 2.24) is 4.90 Å². The summed E-state index contributed by atoms with van der Waals surface area (Å²) < 4.78 is 5.14. The number of methoxy groups -OCH3 is 1. The summed E-state index contributed by atoms with van der Waals surface area (Å²) in [5.74, 6) is -0.00336. The van der Waals surface area contributed by atoms with Crippen LogP contribution in [-0.4, -0.2) is 31.1 Å². The van der Waals surface area contributed by atoms with Crippen LogP contribution in [0.4, 0.5) is 5.69 Å². The second-order valence-corrected chi connectivity index (χ2v) is 5.58.